The Hall–Kier alpha value is -7.00. The molecule has 0 spiro atoms. The number of aliphatic carboxylic acids is 1. The first kappa shape index (κ1) is 55.9. The van der Waals surface area contributed by atoms with Gasteiger partial charge in [-0.2, -0.15) is 13.1 Å². The molecule has 0 saturated heterocycles. The van der Waals surface area contributed by atoms with Crippen molar-refractivity contribution in [3.05, 3.63) is 88.2 Å². The number of likely N-dealkylation sites (N-methyl/N-ethyl adjacent to an activating group) is 1. The lowest BCUT2D eigenvalue weighted by molar-refractivity contribution is -0.143. The van der Waals surface area contributed by atoms with Crippen LogP contribution in [0.15, 0.2) is 54.6 Å². The summed E-state index contributed by atoms with van der Waals surface area (Å²) in [4.78, 5) is 74.9. The standard InChI is InChI=1S/C47H61FN10O13S/c1-22-11-33(29-9-8-26(16-32(29)48)47(3,4)5)55-41(51)38(22)43(63)57-35(19-53-72(52,68)69)45(65)58(6)39-25-14-31(40(61)37(15-25)71-21-28(60)18-50)30-12-24(7-10-36(30)70-20-27(59)17-49)13-34(46(66)67)56-42(62)23(2)54-44(39)64/h7-12,14-16,23,27-28,34-35,39,53,59-61H,13,17-21,49-50H2,1-6H3,(H2,51,55)(H,54,64)(H,56,62)(H,57,63)(H,66,67)(H2,52,68,69)/t23-,27+,28+,34-,35-,39-/m0/s1. The minimum atomic E-state index is -4.57. The van der Waals surface area contributed by atoms with Gasteiger partial charge in [-0.3, -0.25) is 19.2 Å². The normalized spacial score (nSPS) is 17.6. The van der Waals surface area contributed by atoms with Crippen LogP contribution in [0.5, 0.6) is 17.2 Å². The number of hydrogen-bond donors (Lipinski definition) is 12. The van der Waals surface area contributed by atoms with Crippen molar-refractivity contribution in [2.45, 2.75) is 82.8 Å². The summed E-state index contributed by atoms with van der Waals surface area (Å²) in [6.45, 7) is 6.19. The summed E-state index contributed by atoms with van der Waals surface area (Å²) in [5, 5.41) is 55.3. The highest BCUT2D eigenvalue weighted by atomic mass is 32.2. The van der Waals surface area contributed by atoms with Crippen LogP contribution in [0.3, 0.4) is 0 Å². The smallest absolute Gasteiger partial charge is 0.326 e. The lowest BCUT2D eigenvalue weighted by atomic mass is 9.86. The van der Waals surface area contributed by atoms with Gasteiger partial charge in [-0.05, 0) is 84.0 Å². The van der Waals surface area contributed by atoms with Crippen molar-refractivity contribution in [1.29, 1.82) is 0 Å². The number of ether oxygens (including phenoxy) is 2. The highest BCUT2D eigenvalue weighted by Crippen LogP contribution is 2.45. The van der Waals surface area contributed by atoms with Crippen molar-refractivity contribution in [3.8, 4) is 39.6 Å². The fraction of sp³-hybridized carbons (Fsp3) is 0.404. The predicted octanol–water partition coefficient (Wildman–Crippen LogP) is -0.433. The molecule has 4 bridgehead atoms. The quantitative estimate of drug-likeness (QED) is 0.0638. The van der Waals surface area contributed by atoms with Gasteiger partial charge in [0.15, 0.2) is 11.5 Å². The molecule has 1 aromatic heterocycles. The fourth-order valence-corrected chi connectivity index (χ4v) is 8.01. The van der Waals surface area contributed by atoms with E-state index in [4.69, 9.17) is 31.8 Å². The number of hydrogen-bond acceptors (Lipinski definition) is 16. The number of aryl methyl sites for hydroxylation is 1. The predicted molar refractivity (Wildman–Crippen MR) is 261 cm³/mol. The monoisotopic (exact) mass is 1020 g/mol. The molecule has 1 aliphatic rings. The van der Waals surface area contributed by atoms with Gasteiger partial charge in [0.2, 0.25) is 17.7 Å². The highest BCUT2D eigenvalue weighted by molar-refractivity contribution is 7.87. The van der Waals surface area contributed by atoms with Crippen LogP contribution in [0.2, 0.25) is 0 Å². The Morgan fingerprint density at radius 3 is 2.14 bits per heavy atom. The van der Waals surface area contributed by atoms with Gasteiger partial charge in [0.1, 0.15) is 67.0 Å². The van der Waals surface area contributed by atoms with E-state index in [0.717, 1.165) is 18.0 Å². The second kappa shape index (κ2) is 23.0. The number of anilines is 1. The minimum absolute atomic E-state index is 0.00814. The summed E-state index contributed by atoms with van der Waals surface area (Å²) in [7, 11) is -3.47. The first-order chi connectivity index (χ1) is 33.6. The van der Waals surface area contributed by atoms with Gasteiger partial charge in [-0.25, -0.2) is 19.3 Å². The average Bonchev–Trinajstić information content (AvgIpc) is 3.30. The summed E-state index contributed by atoms with van der Waals surface area (Å²) in [5.41, 5.74) is 17.9. The maximum Gasteiger partial charge on any atom is 0.326 e. The van der Waals surface area contributed by atoms with Crippen molar-refractivity contribution in [1.82, 2.24) is 30.6 Å². The molecule has 5 rings (SSSR count). The van der Waals surface area contributed by atoms with Gasteiger partial charge < -0.3 is 68.0 Å². The molecular formula is C47H61FN10O13S. The van der Waals surface area contributed by atoms with Crippen molar-refractivity contribution in [3.63, 3.8) is 0 Å². The van der Waals surface area contributed by atoms with Gasteiger partial charge in [-0.15, -0.1) is 0 Å². The topological polar surface area (TPSA) is 387 Å². The maximum absolute atomic E-state index is 15.5. The molecule has 1 aliphatic heterocycles. The number of aliphatic hydroxyl groups is 2. The van der Waals surface area contributed by atoms with Gasteiger partial charge in [-0.1, -0.05) is 32.9 Å². The minimum Gasteiger partial charge on any atom is -0.504 e. The third kappa shape index (κ3) is 13.7. The molecule has 0 radical (unpaired) electrons. The molecule has 72 heavy (non-hydrogen) atoms. The van der Waals surface area contributed by atoms with Crippen LogP contribution in [-0.4, -0.2) is 139 Å². The zero-order valence-corrected chi connectivity index (χ0v) is 41.2. The Morgan fingerprint density at radius 2 is 1.57 bits per heavy atom. The van der Waals surface area contributed by atoms with Crippen LogP contribution in [0.1, 0.15) is 66.3 Å². The van der Waals surface area contributed by atoms with Crippen LogP contribution in [-0.2, 0) is 41.2 Å². The van der Waals surface area contributed by atoms with Gasteiger partial charge in [0.05, 0.1) is 11.3 Å². The molecule has 6 atom stereocenters. The number of aromatic nitrogens is 1. The van der Waals surface area contributed by atoms with E-state index in [0.29, 0.717) is 5.56 Å². The van der Waals surface area contributed by atoms with Crippen LogP contribution < -0.4 is 52.5 Å². The Balaban J connectivity index is 1.67. The first-order valence-corrected chi connectivity index (χ1v) is 24.0. The van der Waals surface area contributed by atoms with Crippen molar-refractivity contribution >= 4 is 45.6 Å². The van der Waals surface area contributed by atoms with Crippen LogP contribution in [0.4, 0.5) is 10.2 Å². The largest absolute Gasteiger partial charge is 0.504 e. The maximum atomic E-state index is 15.5. The zero-order valence-electron chi connectivity index (χ0n) is 40.4. The molecule has 4 amide bonds. The molecule has 23 nitrogen and oxygen atoms in total. The highest BCUT2D eigenvalue weighted by Gasteiger charge is 2.38. The summed E-state index contributed by atoms with van der Waals surface area (Å²) in [6, 6.07) is 5.85. The Labute approximate surface area is 414 Å². The van der Waals surface area contributed by atoms with Crippen molar-refractivity contribution in [2.24, 2.45) is 16.6 Å². The average molecular weight is 1030 g/mol. The van der Waals surface area contributed by atoms with E-state index < -0.39 is 107 Å². The van der Waals surface area contributed by atoms with Crippen LogP contribution >= 0.6 is 0 Å². The van der Waals surface area contributed by atoms with E-state index in [1.807, 2.05) is 25.5 Å². The number of aromatic hydroxyl groups is 1. The van der Waals surface area contributed by atoms with E-state index in [1.165, 1.54) is 56.3 Å². The summed E-state index contributed by atoms with van der Waals surface area (Å²) in [6.07, 6.45) is -2.75. The number of benzene rings is 3. The number of carbonyl (C=O) groups is 5. The summed E-state index contributed by atoms with van der Waals surface area (Å²) < 4.78 is 53.7. The van der Waals surface area contributed by atoms with E-state index in [-0.39, 0.29) is 87.7 Å². The lowest BCUT2D eigenvalue weighted by Crippen LogP contribution is -2.57. The molecule has 16 N–H and O–H groups in total. The molecule has 4 aromatic rings. The molecule has 0 saturated carbocycles. The van der Waals surface area contributed by atoms with E-state index in [1.54, 1.807) is 6.07 Å². The number of carboxylic acids is 1. The number of amides is 4. The van der Waals surface area contributed by atoms with Crippen molar-refractivity contribution in [2.75, 3.05) is 45.6 Å². The number of pyridine rings is 1. The Kier molecular flexibility index (Phi) is 17.9. The number of halogens is 1. The molecule has 25 heteroatoms. The van der Waals surface area contributed by atoms with E-state index >= 15 is 4.39 Å². The zero-order chi connectivity index (χ0) is 53.6. The number of nitrogens with one attached hydrogen (secondary N) is 4. The van der Waals surface area contributed by atoms with Crippen molar-refractivity contribution < 1.29 is 66.7 Å². The number of rotatable bonds is 17. The van der Waals surface area contributed by atoms with E-state index in [9.17, 15) is 52.8 Å². The first-order valence-electron chi connectivity index (χ1n) is 22.4. The fourth-order valence-electron chi connectivity index (χ4n) is 7.62. The molecule has 0 aliphatic carbocycles. The molecule has 390 valence electrons. The molecule has 0 fully saturated rings. The molecule has 0 unspecified atom stereocenters. The second-order valence-electron chi connectivity index (χ2n) is 18.3. The van der Waals surface area contributed by atoms with Crippen LogP contribution in [0, 0.1) is 12.7 Å². The lowest BCUT2D eigenvalue weighted by Gasteiger charge is -2.33. The van der Waals surface area contributed by atoms with Crippen LogP contribution in [0.25, 0.3) is 22.4 Å². The number of carboxylic acid groups (broad SMARTS) is 1. The SMILES string of the molecule is Cc1cc(-c2ccc(C(C)(C)C)cc2F)nc(N)c1C(=O)N[C@@H](CNS(N)(=O)=O)C(=O)N(C)[C@@H]1C(=O)N[C@@H](C)C(=O)N[C@H](C(=O)O)Cc2ccc(OC[C@H](O)CN)c(c2)-c2cc1cc(OC[C@H](O)CN)c2O. The summed E-state index contributed by atoms with van der Waals surface area (Å²) in [5.74, 6) is -7.74. The third-order valence-electron chi connectivity index (χ3n) is 11.6. The van der Waals surface area contributed by atoms with E-state index in [2.05, 4.69) is 20.9 Å². The van der Waals surface area contributed by atoms with Gasteiger partial charge in [0, 0.05) is 49.8 Å². The molecule has 2 heterocycles. The molecular weight excluding hydrogens is 964 g/mol. The third-order valence-corrected chi connectivity index (χ3v) is 12.2. The number of aliphatic hydroxyl groups excluding tert-OH is 2. The second-order valence-corrected chi connectivity index (χ2v) is 19.7. The molecule has 3 aromatic carbocycles. The Bertz CT molecular complexity index is 2810. The summed E-state index contributed by atoms with van der Waals surface area (Å²) >= 11 is 0. The number of phenols is 1. The number of carbonyl (C=O) groups excluding carboxylic acids is 4. The number of fused-ring (bicyclic) bond motifs is 5. The Morgan fingerprint density at radius 1 is 0.931 bits per heavy atom. The number of nitrogens with zero attached hydrogens (tertiary/aromatic N) is 2. The number of phenolic OH excluding ortho intramolecular Hbond substituents is 1. The van der Waals surface area contributed by atoms with Gasteiger partial charge >= 0.3 is 5.97 Å². The van der Waals surface area contributed by atoms with Gasteiger partial charge in [0.25, 0.3) is 16.1 Å². The number of nitrogen functional groups attached to an aromatic ring is 1. The number of nitrogens with two attached hydrogens (primary N) is 4.